The standard InChI is InChI=1S/C16H25NO3/c1-17-16(13-18)9-5-8-15(12-16)20-11-10-19-14-6-3-2-4-7-14/h2-4,6-7,15,17-18H,5,8-13H2,1H3. The number of hydrogen-bond donors (Lipinski definition) is 2. The molecule has 0 saturated heterocycles. The first-order valence-electron chi connectivity index (χ1n) is 7.37. The maximum atomic E-state index is 9.54. The zero-order valence-corrected chi connectivity index (χ0v) is 12.2. The average molecular weight is 279 g/mol. The summed E-state index contributed by atoms with van der Waals surface area (Å²) in [5.74, 6) is 0.875. The number of nitrogens with one attached hydrogen (secondary N) is 1. The van der Waals surface area contributed by atoms with E-state index in [0.29, 0.717) is 13.2 Å². The highest BCUT2D eigenvalue weighted by atomic mass is 16.5. The SMILES string of the molecule is CNC1(CO)CCCC(OCCOc2ccccc2)C1. The van der Waals surface area contributed by atoms with Crippen LogP contribution >= 0.6 is 0 Å². The molecule has 1 fully saturated rings. The van der Waals surface area contributed by atoms with Crippen molar-refractivity contribution in [2.75, 3.05) is 26.9 Å². The van der Waals surface area contributed by atoms with Gasteiger partial charge in [-0.2, -0.15) is 0 Å². The molecular formula is C16H25NO3. The normalized spacial score (nSPS) is 26.4. The molecule has 0 aliphatic heterocycles. The average Bonchev–Trinajstić information content (AvgIpc) is 2.53. The van der Waals surface area contributed by atoms with E-state index in [0.717, 1.165) is 31.4 Å². The Labute approximate surface area is 121 Å². The van der Waals surface area contributed by atoms with E-state index in [4.69, 9.17) is 9.47 Å². The Morgan fingerprint density at radius 1 is 1.30 bits per heavy atom. The van der Waals surface area contributed by atoms with Gasteiger partial charge >= 0.3 is 0 Å². The maximum absolute atomic E-state index is 9.54. The van der Waals surface area contributed by atoms with Crippen LogP contribution in [-0.2, 0) is 4.74 Å². The third-order valence-corrected chi connectivity index (χ3v) is 4.08. The van der Waals surface area contributed by atoms with Gasteiger partial charge in [0.05, 0.1) is 19.3 Å². The molecule has 0 heterocycles. The van der Waals surface area contributed by atoms with Crippen LogP contribution in [0.1, 0.15) is 25.7 Å². The summed E-state index contributed by atoms with van der Waals surface area (Å²) in [6, 6.07) is 9.77. The van der Waals surface area contributed by atoms with Crippen LogP contribution < -0.4 is 10.1 Å². The molecule has 0 aromatic heterocycles. The molecule has 2 N–H and O–H groups in total. The molecule has 4 nitrogen and oxygen atoms in total. The van der Waals surface area contributed by atoms with E-state index in [1.54, 1.807) is 0 Å². The lowest BCUT2D eigenvalue weighted by molar-refractivity contribution is -0.0227. The van der Waals surface area contributed by atoms with E-state index < -0.39 is 0 Å². The van der Waals surface area contributed by atoms with Crippen molar-refractivity contribution < 1.29 is 14.6 Å². The van der Waals surface area contributed by atoms with Crippen molar-refractivity contribution in [3.8, 4) is 5.75 Å². The molecule has 0 radical (unpaired) electrons. The molecule has 0 spiro atoms. The Bertz CT molecular complexity index is 379. The minimum absolute atomic E-state index is 0.163. The number of likely N-dealkylation sites (N-methyl/N-ethyl adjacent to an activating group) is 1. The molecular weight excluding hydrogens is 254 g/mol. The second-order valence-corrected chi connectivity index (χ2v) is 5.44. The number of rotatable bonds is 7. The number of aliphatic hydroxyl groups excluding tert-OH is 1. The molecule has 2 rings (SSSR count). The van der Waals surface area contributed by atoms with Crippen LogP contribution in [0.25, 0.3) is 0 Å². The predicted molar refractivity (Wildman–Crippen MR) is 79.0 cm³/mol. The van der Waals surface area contributed by atoms with Gasteiger partial charge < -0.3 is 19.9 Å². The number of ether oxygens (including phenoxy) is 2. The lowest BCUT2D eigenvalue weighted by Crippen LogP contribution is -2.51. The summed E-state index contributed by atoms with van der Waals surface area (Å²) < 4.78 is 11.5. The quantitative estimate of drug-likeness (QED) is 0.749. The number of para-hydroxylation sites is 1. The van der Waals surface area contributed by atoms with E-state index in [1.165, 1.54) is 0 Å². The van der Waals surface area contributed by atoms with Gasteiger partial charge in [0.25, 0.3) is 0 Å². The molecule has 1 aromatic rings. The molecule has 0 amide bonds. The smallest absolute Gasteiger partial charge is 0.119 e. The Balaban J connectivity index is 1.69. The highest BCUT2D eigenvalue weighted by Gasteiger charge is 2.34. The Hall–Kier alpha value is -1.10. The van der Waals surface area contributed by atoms with Crippen LogP contribution in [0.5, 0.6) is 5.75 Å². The van der Waals surface area contributed by atoms with Gasteiger partial charge in [-0.3, -0.25) is 0 Å². The van der Waals surface area contributed by atoms with Gasteiger partial charge in [0, 0.05) is 5.54 Å². The molecule has 1 aliphatic rings. The van der Waals surface area contributed by atoms with Crippen LogP contribution in [-0.4, -0.2) is 43.6 Å². The lowest BCUT2D eigenvalue weighted by Gasteiger charge is -2.39. The summed E-state index contributed by atoms with van der Waals surface area (Å²) in [5, 5.41) is 12.8. The largest absolute Gasteiger partial charge is 0.491 e. The maximum Gasteiger partial charge on any atom is 0.119 e. The Kier molecular flexibility index (Phi) is 5.83. The first-order valence-corrected chi connectivity index (χ1v) is 7.37. The van der Waals surface area contributed by atoms with Crippen LogP contribution in [0.2, 0.25) is 0 Å². The van der Waals surface area contributed by atoms with Gasteiger partial charge in [0.2, 0.25) is 0 Å². The third kappa shape index (κ3) is 4.20. The van der Waals surface area contributed by atoms with E-state index in [-0.39, 0.29) is 18.2 Å². The molecule has 1 saturated carbocycles. The van der Waals surface area contributed by atoms with Crippen molar-refractivity contribution in [3.63, 3.8) is 0 Å². The van der Waals surface area contributed by atoms with Crippen molar-refractivity contribution in [3.05, 3.63) is 30.3 Å². The van der Waals surface area contributed by atoms with Gasteiger partial charge in [0.1, 0.15) is 12.4 Å². The number of benzene rings is 1. The summed E-state index contributed by atoms with van der Waals surface area (Å²) in [5.41, 5.74) is -0.163. The fourth-order valence-electron chi connectivity index (χ4n) is 2.79. The molecule has 1 aromatic carbocycles. The summed E-state index contributed by atoms with van der Waals surface area (Å²) in [6.45, 7) is 1.32. The monoisotopic (exact) mass is 279 g/mol. The molecule has 1 aliphatic carbocycles. The van der Waals surface area contributed by atoms with Crippen molar-refractivity contribution in [1.82, 2.24) is 5.32 Å². The van der Waals surface area contributed by atoms with E-state index in [2.05, 4.69) is 5.32 Å². The van der Waals surface area contributed by atoms with Crippen LogP contribution in [0, 0.1) is 0 Å². The molecule has 20 heavy (non-hydrogen) atoms. The van der Waals surface area contributed by atoms with Gasteiger partial charge in [-0.25, -0.2) is 0 Å². The minimum Gasteiger partial charge on any atom is -0.491 e. The van der Waals surface area contributed by atoms with Gasteiger partial charge in [-0.1, -0.05) is 18.2 Å². The third-order valence-electron chi connectivity index (χ3n) is 4.08. The number of hydrogen-bond acceptors (Lipinski definition) is 4. The summed E-state index contributed by atoms with van der Waals surface area (Å²) in [4.78, 5) is 0. The molecule has 2 unspecified atom stereocenters. The summed E-state index contributed by atoms with van der Waals surface area (Å²) >= 11 is 0. The Morgan fingerprint density at radius 3 is 2.80 bits per heavy atom. The van der Waals surface area contributed by atoms with Crippen LogP contribution in [0.3, 0.4) is 0 Å². The molecule has 0 bridgehead atoms. The fourth-order valence-corrected chi connectivity index (χ4v) is 2.79. The predicted octanol–water partition coefficient (Wildman–Crippen LogP) is 1.98. The molecule has 112 valence electrons. The Morgan fingerprint density at radius 2 is 2.10 bits per heavy atom. The van der Waals surface area contributed by atoms with E-state index >= 15 is 0 Å². The zero-order valence-electron chi connectivity index (χ0n) is 12.2. The van der Waals surface area contributed by atoms with Crippen molar-refractivity contribution in [2.24, 2.45) is 0 Å². The van der Waals surface area contributed by atoms with Crippen LogP contribution in [0.15, 0.2) is 30.3 Å². The highest BCUT2D eigenvalue weighted by molar-refractivity contribution is 5.20. The first kappa shape index (κ1) is 15.3. The summed E-state index contributed by atoms with van der Waals surface area (Å²) in [7, 11) is 1.91. The van der Waals surface area contributed by atoms with E-state index in [9.17, 15) is 5.11 Å². The zero-order chi connectivity index (χ0) is 14.3. The second kappa shape index (κ2) is 7.62. The second-order valence-electron chi connectivity index (χ2n) is 5.44. The van der Waals surface area contributed by atoms with Gasteiger partial charge in [-0.15, -0.1) is 0 Å². The van der Waals surface area contributed by atoms with Crippen molar-refractivity contribution in [2.45, 2.75) is 37.3 Å². The summed E-state index contributed by atoms with van der Waals surface area (Å²) in [6.07, 6.45) is 4.24. The lowest BCUT2D eigenvalue weighted by atomic mass is 9.81. The van der Waals surface area contributed by atoms with Crippen molar-refractivity contribution in [1.29, 1.82) is 0 Å². The fraction of sp³-hybridized carbons (Fsp3) is 0.625. The molecule has 2 atom stereocenters. The van der Waals surface area contributed by atoms with Gasteiger partial charge in [0.15, 0.2) is 0 Å². The van der Waals surface area contributed by atoms with E-state index in [1.807, 2.05) is 37.4 Å². The topological polar surface area (TPSA) is 50.7 Å². The van der Waals surface area contributed by atoms with Crippen molar-refractivity contribution >= 4 is 0 Å². The first-order chi connectivity index (χ1) is 9.78. The molecule has 4 heteroatoms. The minimum atomic E-state index is -0.163. The van der Waals surface area contributed by atoms with Gasteiger partial charge in [-0.05, 0) is 44.9 Å². The van der Waals surface area contributed by atoms with Crippen LogP contribution in [0.4, 0.5) is 0 Å². The highest BCUT2D eigenvalue weighted by Crippen LogP contribution is 2.29. The number of aliphatic hydroxyl groups is 1.